The quantitative estimate of drug-likeness (QED) is 0.210. The van der Waals surface area contributed by atoms with Crippen molar-refractivity contribution in [3.05, 3.63) is 35.9 Å². The van der Waals surface area contributed by atoms with Gasteiger partial charge in [0.2, 0.25) is 5.65 Å². The molecule has 0 amide bonds. The highest BCUT2D eigenvalue weighted by Crippen LogP contribution is 2.20. The van der Waals surface area contributed by atoms with E-state index in [9.17, 15) is 4.79 Å². The van der Waals surface area contributed by atoms with Crippen molar-refractivity contribution in [3.8, 4) is 0 Å². The first kappa shape index (κ1) is 17.1. The smallest absolute Gasteiger partial charge is 0.338 e. The molecule has 0 aliphatic heterocycles. The van der Waals surface area contributed by atoms with E-state index in [0.29, 0.717) is 27.7 Å². The van der Waals surface area contributed by atoms with Gasteiger partial charge in [-0.3, -0.25) is 0 Å². The monoisotopic (exact) mass is 361 g/mol. The highest BCUT2D eigenvalue weighted by Gasteiger charge is 2.12. The van der Waals surface area contributed by atoms with Gasteiger partial charge in [0.15, 0.2) is 16.5 Å². The summed E-state index contributed by atoms with van der Waals surface area (Å²) in [7, 11) is 0. The minimum absolute atomic E-state index is 0.149. The van der Waals surface area contributed by atoms with Crippen LogP contribution in [0.3, 0.4) is 0 Å². The normalized spacial score (nSPS) is 10.8. The average molecular weight is 361 g/mol. The Hall–Kier alpha value is -2.72. The van der Waals surface area contributed by atoms with E-state index in [-0.39, 0.29) is 25.9 Å². The summed E-state index contributed by atoms with van der Waals surface area (Å²) in [6, 6.07) is 8.78. The van der Waals surface area contributed by atoms with E-state index in [1.54, 1.807) is 24.3 Å². The molecule has 0 aliphatic carbocycles. The third kappa shape index (κ3) is 4.43. The topological polar surface area (TPSA) is 112 Å². The minimum atomic E-state index is -0.382. The fourth-order valence-corrected chi connectivity index (χ4v) is 2.29. The SMILES string of the molecule is CSc1nc(NCOCCOC(=O)c2ccccc2)c2nonc2n1. The summed E-state index contributed by atoms with van der Waals surface area (Å²) < 4.78 is 15.2. The second-order valence-corrected chi connectivity index (χ2v) is 5.50. The highest BCUT2D eigenvalue weighted by atomic mass is 32.2. The van der Waals surface area contributed by atoms with Crippen LogP contribution >= 0.6 is 11.8 Å². The molecule has 0 atom stereocenters. The molecule has 0 saturated heterocycles. The number of carbonyl (C=O) groups excluding carboxylic acids is 1. The van der Waals surface area contributed by atoms with E-state index in [0.717, 1.165) is 0 Å². The number of ether oxygens (including phenoxy) is 2. The first-order valence-corrected chi connectivity index (χ1v) is 8.58. The standard InChI is InChI=1S/C15H15N5O4S/c1-25-15-17-12(11-13(18-15)20-24-19-11)16-9-22-7-8-23-14(21)10-5-3-2-4-6-10/h2-6H,7-9H2,1H3,(H,16,17,18,20). The maximum absolute atomic E-state index is 11.7. The van der Waals surface area contributed by atoms with Gasteiger partial charge in [-0.2, -0.15) is 4.98 Å². The van der Waals surface area contributed by atoms with E-state index in [2.05, 4.69) is 30.2 Å². The Bertz CT molecular complexity index is 842. The molecule has 0 aliphatic rings. The predicted octanol–water partition coefficient (Wildman–Crippen LogP) is 1.98. The maximum Gasteiger partial charge on any atom is 0.338 e. The van der Waals surface area contributed by atoms with Gasteiger partial charge in [0.05, 0.1) is 12.2 Å². The maximum atomic E-state index is 11.7. The van der Waals surface area contributed by atoms with Crippen molar-refractivity contribution in [2.24, 2.45) is 0 Å². The van der Waals surface area contributed by atoms with Crippen LogP contribution in [0, 0.1) is 0 Å². The predicted molar refractivity (Wildman–Crippen MR) is 90.3 cm³/mol. The Morgan fingerprint density at radius 2 is 2.04 bits per heavy atom. The first-order valence-electron chi connectivity index (χ1n) is 7.36. The van der Waals surface area contributed by atoms with Crippen molar-refractivity contribution < 1.29 is 18.9 Å². The number of rotatable bonds is 8. The zero-order chi connectivity index (χ0) is 17.5. The lowest BCUT2D eigenvalue weighted by molar-refractivity contribution is 0.0341. The number of anilines is 1. The lowest BCUT2D eigenvalue weighted by Crippen LogP contribution is -2.14. The number of hydrogen-bond donors (Lipinski definition) is 1. The molecule has 1 N–H and O–H groups in total. The van der Waals surface area contributed by atoms with Gasteiger partial charge in [-0.1, -0.05) is 30.0 Å². The van der Waals surface area contributed by atoms with E-state index >= 15 is 0 Å². The Balaban J connectivity index is 1.43. The summed E-state index contributed by atoms with van der Waals surface area (Å²) in [4.78, 5) is 20.2. The second-order valence-electron chi connectivity index (χ2n) is 4.73. The summed E-state index contributed by atoms with van der Waals surface area (Å²) >= 11 is 1.38. The molecule has 10 heteroatoms. The average Bonchev–Trinajstić information content (AvgIpc) is 3.13. The molecule has 0 spiro atoms. The number of benzene rings is 1. The molecular formula is C15H15N5O4S. The Kier molecular flexibility index (Phi) is 5.75. The molecule has 0 radical (unpaired) electrons. The molecule has 25 heavy (non-hydrogen) atoms. The zero-order valence-corrected chi connectivity index (χ0v) is 14.2. The molecule has 3 aromatic rings. The van der Waals surface area contributed by atoms with Crippen molar-refractivity contribution in [1.29, 1.82) is 0 Å². The van der Waals surface area contributed by atoms with Gasteiger partial charge in [-0.05, 0) is 28.7 Å². The van der Waals surface area contributed by atoms with Crippen LogP contribution in [0.2, 0.25) is 0 Å². The summed E-state index contributed by atoms with van der Waals surface area (Å²) in [6.07, 6.45) is 1.86. The van der Waals surface area contributed by atoms with Crippen molar-refractivity contribution in [2.75, 3.05) is 31.5 Å². The van der Waals surface area contributed by atoms with Crippen LogP contribution in [-0.2, 0) is 9.47 Å². The first-order chi connectivity index (χ1) is 12.3. The van der Waals surface area contributed by atoms with Gasteiger partial charge in [-0.25, -0.2) is 14.4 Å². The van der Waals surface area contributed by atoms with Crippen molar-refractivity contribution in [1.82, 2.24) is 20.3 Å². The summed E-state index contributed by atoms with van der Waals surface area (Å²) in [6.45, 7) is 0.554. The third-order valence-corrected chi connectivity index (χ3v) is 3.65. The molecule has 9 nitrogen and oxygen atoms in total. The molecule has 0 unspecified atom stereocenters. The van der Waals surface area contributed by atoms with Crippen LogP contribution in [0.25, 0.3) is 11.2 Å². The van der Waals surface area contributed by atoms with Crippen molar-refractivity contribution >= 4 is 34.7 Å². The fraction of sp³-hybridized carbons (Fsp3) is 0.267. The molecule has 1 aromatic carbocycles. The van der Waals surface area contributed by atoms with Crippen LogP contribution in [0.5, 0.6) is 0 Å². The number of esters is 1. The lowest BCUT2D eigenvalue weighted by Gasteiger charge is -2.08. The number of carbonyl (C=O) groups is 1. The number of thioether (sulfide) groups is 1. The van der Waals surface area contributed by atoms with E-state index in [1.165, 1.54) is 11.8 Å². The van der Waals surface area contributed by atoms with Crippen LogP contribution in [0.15, 0.2) is 40.1 Å². The van der Waals surface area contributed by atoms with E-state index in [1.807, 2.05) is 12.3 Å². The molecule has 2 heterocycles. The van der Waals surface area contributed by atoms with Crippen LogP contribution in [0.4, 0.5) is 5.82 Å². The van der Waals surface area contributed by atoms with Gasteiger partial charge >= 0.3 is 5.97 Å². The Morgan fingerprint density at radius 1 is 1.20 bits per heavy atom. The van der Waals surface area contributed by atoms with Crippen molar-refractivity contribution in [2.45, 2.75) is 5.16 Å². The minimum Gasteiger partial charge on any atom is -0.460 e. The molecule has 3 rings (SSSR count). The highest BCUT2D eigenvalue weighted by molar-refractivity contribution is 7.98. The number of nitrogens with one attached hydrogen (secondary N) is 1. The molecular weight excluding hydrogens is 346 g/mol. The zero-order valence-electron chi connectivity index (χ0n) is 13.3. The second kappa shape index (κ2) is 8.40. The third-order valence-electron chi connectivity index (χ3n) is 3.10. The molecule has 130 valence electrons. The number of aromatic nitrogens is 4. The largest absolute Gasteiger partial charge is 0.460 e. The van der Waals surface area contributed by atoms with Gasteiger partial charge < -0.3 is 14.8 Å². The van der Waals surface area contributed by atoms with Crippen LogP contribution < -0.4 is 5.32 Å². The van der Waals surface area contributed by atoms with E-state index in [4.69, 9.17) is 9.47 Å². The number of nitrogens with zero attached hydrogens (tertiary/aromatic N) is 4. The number of hydrogen-bond acceptors (Lipinski definition) is 10. The summed E-state index contributed by atoms with van der Waals surface area (Å²) in [5.41, 5.74) is 1.31. The van der Waals surface area contributed by atoms with Crippen LogP contribution in [-0.4, -0.2) is 52.5 Å². The molecule has 2 aromatic heterocycles. The lowest BCUT2D eigenvalue weighted by atomic mass is 10.2. The molecule has 0 fully saturated rings. The number of fused-ring (bicyclic) bond motifs is 1. The van der Waals surface area contributed by atoms with Gasteiger partial charge in [0.25, 0.3) is 0 Å². The Morgan fingerprint density at radius 3 is 2.84 bits per heavy atom. The van der Waals surface area contributed by atoms with Crippen molar-refractivity contribution in [3.63, 3.8) is 0 Å². The van der Waals surface area contributed by atoms with Gasteiger partial charge in [-0.15, -0.1) is 0 Å². The Labute approximate surface area is 147 Å². The summed E-state index contributed by atoms with van der Waals surface area (Å²) in [5, 5.41) is 11.0. The van der Waals surface area contributed by atoms with Crippen LogP contribution in [0.1, 0.15) is 10.4 Å². The molecule has 0 saturated carbocycles. The fourth-order valence-electron chi connectivity index (χ4n) is 1.93. The van der Waals surface area contributed by atoms with E-state index < -0.39 is 0 Å². The van der Waals surface area contributed by atoms with Gasteiger partial charge in [0, 0.05) is 0 Å². The summed E-state index contributed by atoms with van der Waals surface area (Å²) in [5.74, 6) is 0.0878. The van der Waals surface area contributed by atoms with Gasteiger partial charge in [0.1, 0.15) is 13.3 Å². The molecule has 0 bridgehead atoms.